The summed E-state index contributed by atoms with van der Waals surface area (Å²) in [6, 6.07) is 3.92. The summed E-state index contributed by atoms with van der Waals surface area (Å²) in [5.41, 5.74) is 0.0318. The second-order valence-corrected chi connectivity index (χ2v) is 12.0. The van der Waals surface area contributed by atoms with E-state index in [4.69, 9.17) is 0 Å². The number of nitrogens with zero attached hydrogens (tertiary/aromatic N) is 3. The lowest BCUT2D eigenvalue weighted by Crippen LogP contribution is -2.58. The third-order valence-electron chi connectivity index (χ3n) is 8.02. The summed E-state index contributed by atoms with van der Waals surface area (Å²) in [5, 5.41) is 11.1. The van der Waals surface area contributed by atoms with E-state index in [2.05, 4.69) is 0 Å². The van der Waals surface area contributed by atoms with Gasteiger partial charge in [0, 0.05) is 38.3 Å². The van der Waals surface area contributed by atoms with E-state index >= 15 is 0 Å². The maximum absolute atomic E-state index is 13.5. The summed E-state index contributed by atoms with van der Waals surface area (Å²) in [4.78, 5) is 25.9. The first-order valence-corrected chi connectivity index (χ1v) is 12.7. The van der Waals surface area contributed by atoms with Crippen LogP contribution in [0.1, 0.15) is 44.1 Å². The summed E-state index contributed by atoms with van der Waals surface area (Å²) >= 11 is 0. The number of piperazine rings is 1. The predicted octanol–water partition coefficient (Wildman–Crippen LogP) is 2.95. The molecule has 1 heterocycles. The number of amides is 1. The topological polar surface area (TPSA) is 101 Å². The molecule has 1 aromatic rings. The number of carbonyl (C=O) groups is 1. The molecule has 0 atom stereocenters. The lowest BCUT2D eigenvalue weighted by atomic mass is 9.49. The van der Waals surface area contributed by atoms with Crippen LogP contribution in [0, 0.1) is 40.2 Å². The number of non-ortho nitro benzene ring substituents is 1. The molecule has 5 fully saturated rings. The van der Waals surface area contributed by atoms with Crippen molar-refractivity contribution in [3.05, 3.63) is 33.9 Å². The van der Waals surface area contributed by atoms with Gasteiger partial charge in [-0.15, -0.1) is 0 Å². The number of hydrogen-bond donors (Lipinski definition) is 0. The second-order valence-electron chi connectivity index (χ2n) is 10.1. The number of benzene rings is 1. The van der Waals surface area contributed by atoms with Crippen LogP contribution < -0.4 is 0 Å². The normalized spacial score (nSPS) is 32.9. The molecule has 31 heavy (non-hydrogen) atoms. The first kappa shape index (κ1) is 20.9. The molecule has 8 nitrogen and oxygen atoms in total. The van der Waals surface area contributed by atoms with Crippen LogP contribution in [-0.4, -0.2) is 54.6 Å². The number of rotatable bonds is 4. The molecule has 1 amide bonds. The zero-order valence-electron chi connectivity index (χ0n) is 17.8. The van der Waals surface area contributed by atoms with Gasteiger partial charge in [-0.1, -0.05) is 6.07 Å². The number of nitro groups is 1. The fourth-order valence-corrected chi connectivity index (χ4v) is 8.63. The average Bonchev–Trinajstić information content (AvgIpc) is 2.72. The van der Waals surface area contributed by atoms with E-state index in [0.717, 1.165) is 25.3 Å². The smallest absolute Gasteiger partial charge is 0.270 e. The maximum Gasteiger partial charge on any atom is 0.270 e. The molecule has 1 aromatic carbocycles. The minimum Gasteiger partial charge on any atom is -0.340 e. The largest absolute Gasteiger partial charge is 0.340 e. The van der Waals surface area contributed by atoms with Gasteiger partial charge in [0.1, 0.15) is 0 Å². The fourth-order valence-electron chi connectivity index (χ4n) is 6.96. The van der Waals surface area contributed by atoms with Gasteiger partial charge in [0.05, 0.1) is 15.2 Å². The lowest BCUT2D eigenvalue weighted by molar-refractivity contribution is -0.385. The minimum absolute atomic E-state index is 0.0254. The summed E-state index contributed by atoms with van der Waals surface area (Å²) in [6.07, 6.45) is 6.85. The van der Waals surface area contributed by atoms with Crippen molar-refractivity contribution in [3.8, 4) is 0 Å². The molecule has 0 N–H and O–H groups in total. The highest BCUT2D eigenvalue weighted by Crippen LogP contribution is 2.60. The standard InChI is InChI=1S/C22H29N3O5S/c1-15-2-3-19(25(27)28)11-20(15)31(29,30)24-6-4-23(5-7-24)21(26)22-12-16-8-17(13-22)10-18(9-16)14-22/h2-3,11,16-18H,4-10,12-14H2,1H3. The van der Waals surface area contributed by atoms with Crippen LogP contribution in [-0.2, 0) is 14.8 Å². The molecule has 4 aliphatic carbocycles. The molecule has 4 saturated carbocycles. The highest BCUT2D eigenvalue weighted by atomic mass is 32.2. The number of hydrogen-bond acceptors (Lipinski definition) is 5. The van der Waals surface area contributed by atoms with Gasteiger partial charge in [0.2, 0.25) is 15.9 Å². The Balaban J connectivity index is 1.30. The molecule has 6 rings (SSSR count). The molecule has 0 unspecified atom stereocenters. The van der Waals surface area contributed by atoms with Crippen LogP contribution >= 0.6 is 0 Å². The first-order chi connectivity index (χ1) is 14.7. The Labute approximate surface area is 182 Å². The molecule has 5 aliphatic rings. The summed E-state index contributed by atoms with van der Waals surface area (Å²) < 4.78 is 27.7. The molecule has 9 heteroatoms. The van der Waals surface area contributed by atoms with Gasteiger partial charge in [0.25, 0.3) is 5.69 Å². The van der Waals surface area contributed by atoms with E-state index in [1.807, 2.05) is 4.90 Å². The highest BCUT2D eigenvalue weighted by molar-refractivity contribution is 7.89. The quantitative estimate of drug-likeness (QED) is 0.522. The fraction of sp³-hybridized carbons (Fsp3) is 0.682. The van der Waals surface area contributed by atoms with E-state index < -0.39 is 14.9 Å². The molecule has 0 spiro atoms. The van der Waals surface area contributed by atoms with Crippen LogP contribution in [0.15, 0.2) is 23.1 Å². The van der Waals surface area contributed by atoms with Crippen molar-refractivity contribution in [3.63, 3.8) is 0 Å². The molecule has 0 aromatic heterocycles. The monoisotopic (exact) mass is 447 g/mol. The number of carbonyl (C=O) groups excluding carboxylic acids is 1. The van der Waals surface area contributed by atoms with Gasteiger partial charge >= 0.3 is 0 Å². The Kier molecular flexibility index (Phi) is 4.89. The average molecular weight is 448 g/mol. The number of aryl methyl sites for hydroxylation is 1. The Bertz CT molecular complexity index is 994. The minimum atomic E-state index is -3.85. The predicted molar refractivity (Wildman–Crippen MR) is 114 cm³/mol. The molecular formula is C22H29N3O5S. The van der Waals surface area contributed by atoms with E-state index in [0.29, 0.717) is 36.4 Å². The van der Waals surface area contributed by atoms with Crippen molar-refractivity contribution in [2.45, 2.75) is 50.3 Å². The lowest BCUT2D eigenvalue weighted by Gasteiger charge is -2.57. The van der Waals surface area contributed by atoms with Gasteiger partial charge in [-0.05, 0) is 68.8 Å². The maximum atomic E-state index is 13.5. The van der Waals surface area contributed by atoms with E-state index in [9.17, 15) is 23.3 Å². The number of nitro benzene ring substituents is 1. The Morgan fingerprint density at radius 2 is 1.58 bits per heavy atom. The zero-order valence-corrected chi connectivity index (χ0v) is 18.6. The van der Waals surface area contributed by atoms with E-state index in [1.54, 1.807) is 6.92 Å². The van der Waals surface area contributed by atoms with Gasteiger partial charge in [0.15, 0.2) is 0 Å². The Morgan fingerprint density at radius 1 is 1.03 bits per heavy atom. The second kappa shape index (κ2) is 7.27. The third-order valence-corrected chi connectivity index (χ3v) is 10.1. The van der Waals surface area contributed by atoms with E-state index in [-0.39, 0.29) is 35.0 Å². The van der Waals surface area contributed by atoms with Crippen LogP contribution in [0.3, 0.4) is 0 Å². The zero-order chi connectivity index (χ0) is 22.0. The van der Waals surface area contributed by atoms with Crippen molar-refractivity contribution >= 4 is 21.6 Å². The van der Waals surface area contributed by atoms with Crippen molar-refractivity contribution in [1.82, 2.24) is 9.21 Å². The van der Waals surface area contributed by atoms with Crippen molar-refractivity contribution in [2.24, 2.45) is 23.2 Å². The van der Waals surface area contributed by atoms with Crippen LogP contribution in [0.4, 0.5) is 5.69 Å². The van der Waals surface area contributed by atoms with Gasteiger partial charge < -0.3 is 4.90 Å². The van der Waals surface area contributed by atoms with Crippen molar-refractivity contribution < 1.29 is 18.1 Å². The Hall–Kier alpha value is -2.00. The van der Waals surface area contributed by atoms with E-state index in [1.165, 1.54) is 35.7 Å². The summed E-state index contributed by atoms with van der Waals surface area (Å²) in [6.45, 7) is 2.86. The Morgan fingerprint density at radius 3 is 2.10 bits per heavy atom. The van der Waals surface area contributed by atoms with Gasteiger partial charge in [-0.25, -0.2) is 8.42 Å². The molecule has 1 saturated heterocycles. The molecular weight excluding hydrogens is 418 g/mol. The van der Waals surface area contributed by atoms with Crippen LogP contribution in [0.2, 0.25) is 0 Å². The number of sulfonamides is 1. The SMILES string of the molecule is Cc1ccc([N+](=O)[O-])cc1S(=O)(=O)N1CCN(C(=O)C23CC4CC(CC(C4)C2)C3)CC1. The summed E-state index contributed by atoms with van der Waals surface area (Å²) in [7, 11) is -3.85. The van der Waals surface area contributed by atoms with Crippen molar-refractivity contribution in [2.75, 3.05) is 26.2 Å². The van der Waals surface area contributed by atoms with Crippen molar-refractivity contribution in [1.29, 1.82) is 0 Å². The van der Waals surface area contributed by atoms with Gasteiger partial charge in [-0.2, -0.15) is 4.31 Å². The molecule has 168 valence electrons. The summed E-state index contributed by atoms with van der Waals surface area (Å²) in [5.74, 6) is 2.30. The van der Waals surface area contributed by atoms with Gasteiger partial charge in [-0.3, -0.25) is 14.9 Å². The third kappa shape index (κ3) is 3.46. The molecule has 0 radical (unpaired) electrons. The molecule has 1 aliphatic heterocycles. The molecule has 4 bridgehead atoms. The first-order valence-electron chi connectivity index (χ1n) is 11.2. The highest BCUT2D eigenvalue weighted by Gasteiger charge is 2.55. The van der Waals surface area contributed by atoms with Crippen LogP contribution in [0.5, 0.6) is 0 Å². The van der Waals surface area contributed by atoms with Crippen LogP contribution in [0.25, 0.3) is 0 Å².